The fourth-order valence-electron chi connectivity index (χ4n) is 2.52. The molecule has 16 heavy (non-hydrogen) atoms. The van der Waals surface area contributed by atoms with Crippen molar-refractivity contribution in [2.75, 3.05) is 13.6 Å². The van der Waals surface area contributed by atoms with Crippen LogP contribution in [0, 0.1) is 22.7 Å². The summed E-state index contributed by atoms with van der Waals surface area (Å²) in [5.41, 5.74) is -0.720. The summed E-state index contributed by atoms with van der Waals surface area (Å²) in [5.74, 6) is 0.483. The zero-order chi connectivity index (χ0) is 12.2. The van der Waals surface area contributed by atoms with Crippen LogP contribution in [0.5, 0.6) is 0 Å². The highest BCUT2D eigenvalue weighted by atomic mass is 16.2. The monoisotopic (exact) mass is 222 g/mol. The minimum absolute atomic E-state index is 0.0309. The normalized spacial score (nSPS) is 19.2. The minimum atomic E-state index is -0.720. The second kappa shape index (κ2) is 5.34. The fraction of sp³-hybridized carbons (Fsp3) is 0.846. The van der Waals surface area contributed by atoms with Crippen LogP contribution < -0.4 is 0 Å². The molecule has 0 aromatic rings. The molecular formula is C13H22N2O. The first-order valence-corrected chi connectivity index (χ1v) is 6.18. The van der Waals surface area contributed by atoms with Crippen LogP contribution in [0.25, 0.3) is 0 Å². The van der Waals surface area contributed by atoms with E-state index >= 15 is 0 Å². The highest BCUT2D eigenvalue weighted by molar-refractivity contribution is 5.85. The number of amides is 1. The summed E-state index contributed by atoms with van der Waals surface area (Å²) < 4.78 is 0. The van der Waals surface area contributed by atoms with E-state index in [1.807, 2.05) is 7.05 Å². The van der Waals surface area contributed by atoms with E-state index in [0.29, 0.717) is 5.92 Å². The molecule has 0 saturated heterocycles. The molecule has 1 fully saturated rings. The molecule has 1 aliphatic carbocycles. The van der Waals surface area contributed by atoms with Gasteiger partial charge in [-0.25, -0.2) is 0 Å². The Bertz CT molecular complexity index is 285. The lowest BCUT2D eigenvalue weighted by Crippen LogP contribution is -2.43. The predicted molar refractivity (Wildman–Crippen MR) is 63.6 cm³/mol. The van der Waals surface area contributed by atoms with Crippen molar-refractivity contribution in [1.29, 1.82) is 5.26 Å². The Balaban J connectivity index is 2.72. The van der Waals surface area contributed by atoms with Crippen molar-refractivity contribution < 1.29 is 4.79 Å². The first kappa shape index (κ1) is 13.0. The van der Waals surface area contributed by atoms with E-state index in [1.54, 1.807) is 4.90 Å². The summed E-state index contributed by atoms with van der Waals surface area (Å²) in [4.78, 5) is 14.0. The topological polar surface area (TPSA) is 44.1 Å². The van der Waals surface area contributed by atoms with Crippen LogP contribution in [0.15, 0.2) is 0 Å². The lowest BCUT2D eigenvalue weighted by atomic mass is 9.74. The highest BCUT2D eigenvalue weighted by Gasteiger charge is 2.41. The van der Waals surface area contributed by atoms with Gasteiger partial charge in [0.05, 0.1) is 6.07 Å². The van der Waals surface area contributed by atoms with Crippen molar-refractivity contribution in [3.8, 4) is 6.07 Å². The Kier molecular flexibility index (Phi) is 4.35. The number of carbonyl (C=O) groups is 1. The van der Waals surface area contributed by atoms with Crippen molar-refractivity contribution in [3.05, 3.63) is 0 Å². The van der Waals surface area contributed by atoms with Gasteiger partial charge >= 0.3 is 0 Å². The van der Waals surface area contributed by atoms with Crippen LogP contribution in [-0.2, 0) is 4.79 Å². The van der Waals surface area contributed by atoms with Gasteiger partial charge in [0, 0.05) is 13.6 Å². The standard InChI is InChI=1S/C13H22N2O/c1-11(2)9-15(3)12(16)13(10-14)7-5-4-6-8-13/h11H,4-9H2,1-3H3. The van der Waals surface area contributed by atoms with Gasteiger partial charge in [0.2, 0.25) is 5.91 Å². The third-order valence-corrected chi connectivity index (χ3v) is 3.32. The zero-order valence-corrected chi connectivity index (χ0v) is 10.6. The smallest absolute Gasteiger partial charge is 0.242 e. The quantitative estimate of drug-likeness (QED) is 0.736. The molecule has 1 rings (SSSR count). The highest BCUT2D eigenvalue weighted by Crippen LogP contribution is 2.37. The molecule has 3 heteroatoms. The molecule has 0 spiro atoms. The number of nitriles is 1. The van der Waals surface area contributed by atoms with Crippen LogP contribution >= 0.6 is 0 Å². The molecule has 0 aromatic heterocycles. The first-order chi connectivity index (χ1) is 7.52. The van der Waals surface area contributed by atoms with Crippen molar-refractivity contribution in [2.24, 2.45) is 11.3 Å². The second-order valence-electron chi connectivity index (χ2n) is 5.33. The van der Waals surface area contributed by atoms with Gasteiger partial charge in [-0.15, -0.1) is 0 Å². The van der Waals surface area contributed by atoms with Gasteiger partial charge in [-0.3, -0.25) is 4.79 Å². The SMILES string of the molecule is CC(C)CN(C)C(=O)C1(C#N)CCCCC1. The maximum Gasteiger partial charge on any atom is 0.242 e. The Labute approximate surface area is 98.4 Å². The molecule has 1 aliphatic rings. The molecule has 1 amide bonds. The summed E-state index contributed by atoms with van der Waals surface area (Å²) in [5, 5.41) is 9.30. The third kappa shape index (κ3) is 2.75. The Morgan fingerprint density at radius 1 is 1.38 bits per heavy atom. The lowest BCUT2D eigenvalue weighted by molar-refractivity contribution is -0.139. The van der Waals surface area contributed by atoms with Gasteiger partial charge in [0.15, 0.2) is 0 Å². The van der Waals surface area contributed by atoms with Crippen molar-refractivity contribution >= 4 is 5.91 Å². The van der Waals surface area contributed by atoms with Gasteiger partial charge in [-0.05, 0) is 18.8 Å². The van der Waals surface area contributed by atoms with Crippen LogP contribution in [0.1, 0.15) is 46.0 Å². The summed E-state index contributed by atoms with van der Waals surface area (Å²) >= 11 is 0. The molecule has 0 radical (unpaired) electrons. The molecule has 0 aromatic carbocycles. The maximum absolute atomic E-state index is 12.3. The fourth-order valence-corrected chi connectivity index (χ4v) is 2.52. The van der Waals surface area contributed by atoms with E-state index in [2.05, 4.69) is 19.9 Å². The van der Waals surface area contributed by atoms with Crippen molar-refractivity contribution in [3.63, 3.8) is 0 Å². The lowest BCUT2D eigenvalue weighted by Gasteiger charge is -2.33. The Morgan fingerprint density at radius 3 is 2.38 bits per heavy atom. The van der Waals surface area contributed by atoms with Gasteiger partial charge in [0.1, 0.15) is 5.41 Å². The summed E-state index contributed by atoms with van der Waals surface area (Å²) in [7, 11) is 1.82. The van der Waals surface area contributed by atoms with Gasteiger partial charge in [-0.1, -0.05) is 33.1 Å². The average molecular weight is 222 g/mol. The van der Waals surface area contributed by atoms with E-state index in [1.165, 1.54) is 0 Å². The minimum Gasteiger partial charge on any atom is -0.344 e. The van der Waals surface area contributed by atoms with Crippen molar-refractivity contribution in [2.45, 2.75) is 46.0 Å². The van der Waals surface area contributed by atoms with E-state index < -0.39 is 5.41 Å². The van der Waals surface area contributed by atoms with Crippen LogP contribution in [0.2, 0.25) is 0 Å². The first-order valence-electron chi connectivity index (χ1n) is 6.18. The summed E-state index contributed by atoms with van der Waals surface area (Å²) in [6.45, 7) is 4.91. The van der Waals surface area contributed by atoms with Gasteiger partial charge < -0.3 is 4.90 Å². The summed E-state index contributed by atoms with van der Waals surface area (Å²) in [6, 6.07) is 2.28. The molecule has 3 nitrogen and oxygen atoms in total. The van der Waals surface area contributed by atoms with Gasteiger partial charge in [0.25, 0.3) is 0 Å². The van der Waals surface area contributed by atoms with E-state index in [-0.39, 0.29) is 5.91 Å². The number of hydrogen-bond acceptors (Lipinski definition) is 2. The number of rotatable bonds is 3. The second-order valence-corrected chi connectivity index (χ2v) is 5.33. The molecule has 0 unspecified atom stereocenters. The third-order valence-electron chi connectivity index (χ3n) is 3.32. The molecule has 0 heterocycles. The van der Waals surface area contributed by atoms with Crippen LogP contribution in [0.3, 0.4) is 0 Å². The molecule has 0 atom stereocenters. The molecule has 0 N–H and O–H groups in total. The predicted octanol–water partition coefficient (Wildman–Crippen LogP) is 2.57. The molecule has 90 valence electrons. The summed E-state index contributed by atoms with van der Waals surface area (Å²) in [6.07, 6.45) is 4.66. The number of nitrogens with zero attached hydrogens (tertiary/aromatic N) is 2. The largest absolute Gasteiger partial charge is 0.344 e. The van der Waals surface area contributed by atoms with E-state index in [9.17, 15) is 10.1 Å². The van der Waals surface area contributed by atoms with E-state index in [4.69, 9.17) is 0 Å². The Morgan fingerprint density at radius 2 is 1.94 bits per heavy atom. The molecule has 0 aliphatic heterocycles. The maximum atomic E-state index is 12.3. The zero-order valence-electron chi connectivity index (χ0n) is 10.6. The molecule has 0 bridgehead atoms. The molecular weight excluding hydrogens is 200 g/mol. The molecule has 1 saturated carbocycles. The van der Waals surface area contributed by atoms with Crippen molar-refractivity contribution in [1.82, 2.24) is 4.90 Å². The van der Waals surface area contributed by atoms with E-state index in [0.717, 1.165) is 38.6 Å². The van der Waals surface area contributed by atoms with Gasteiger partial charge in [-0.2, -0.15) is 5.26 Å². The Hall–Kier alpha value is -1.04. The van der Waals surface area contributed by atoms with Crippen LogP contribution in [0.4, 0.5) is 0 Å². The van der Waals surface area contributed by atoms with Crippen LogP contribution in [-0.4, -0.2) is 24.4 Å². The number of carbonyl (C=O) groups excluding carboxylic acids is 1. The number of hydrogen-bond donors (Lipinski definition) is 0. The average Bonchev–Trinajstić information content (AvgIpc) is 2.28.